The molecule has 1 aromatic carbocycles. The molecule has 1 aliphatic carbocycles. The number of para-hydroxylation sites is 1. The summed E-state index contributed by atoms with van der Waals surface area (Å²) in [4.78, 5) is 29.8. The second kappa shape index (κ2) is 7.09. The third-order valence-electron chi connectivity index (χ3n) is 7.35. The van der Waals surface area contributed by atoms with Gasteiger partial charge in [-0.2, -0.15) is 0 Å². The van der Waals surface area contributed by atoms with Crippen LogP contribution in [0.15, 0.2) is 18.2 Å². The van der Waals surface area contributed by atoms with Crippen LogP contribution in [0.2, 0.25) is 0 Å². The maximum absolute atomic E-state index is 13.2. The van der Waals surface area contributed by atoms with Crippen LogP contribution >= 0.6 is 0 Å². The van der Waals surface area contributed by atoms with Gasteiger partial charge in [-0.05, 0) is 44.2 Å². The normalized spacial score (nSPS) is 31.5. The largest absolute Gasteiger partial charge is 0.483 e. The Morgan fingerprint density at radius 2 is 1.79 bits per heavy atom. The molecule has 0 unspecified atom stereocenters. The number of carbonyl (C=O) groups is 2. The van der Waals surface area contributed by atoms with Crippen molar-refractivity contribution in [3.8, 4) is 5.75 Å². The van der Waals surface area contributed by atoms with Gasteiger partial charge in [0.15, 0.2) is 6.61 Å². The molecule has 1 saturated carbocycles. The SMILES string of the molecule is CC(=O)N1[C@@H]2CN(C(=O)COc3c(C)cccc3C)[C@@H]3CCCC[C@H]1[C@]3(C)C2. The van der Waals surface area contributed by atoms with E-state index in [1.54, 1.807) is 6.92 Å². The first kappa shape index (κ1) is 19.3. The third kappa shape index (κ3) is 2.99. The fourth-order valence-electron chi connectivity index (χ4n) is 6.16. The van der Waals surface area contributed by atoms with Crippen LogP contribution in [0.25, 0.3) is 0 Å². The van der Waals surface area contributed by atoms with E-state index in [-0.39, 0.29) is 42.0 Å². The highest BCUT2D eigenvalue weighted by atomic mass is 16.5. The number of piperidine rings is 1. The molecular weight excluding hydrogens is 352 g/mol. The lowest BCUT2D eigenvalue weighted by Crippen LogP contribution is -2.56. The number of fused-ring (bicyclic) bond motifs is 1. The van der Waals surface area contributed by atoms with Crippen LogP contribution in [0.3, 0.4) is 0 Å². The Balaban J connectivity index is 1.56. The standard InChI is InChI=1S/C23H32N2O3/c1-15-8-7-9-16(2)22(15)28-14-21(27)24-13-18-12-23(4)19(24)10-5-6-11-20(23)25(18)17(3)26/h7-9,18-20H,5-6,10-14H2,1-4H3/t18-,19+,20-,23+/m0/s1. The molecule has 5 nitrogen and oxygen atoms in total. The summed E-state index contributed by atoms with van der Waals surface area (Å²) in [6.45, 7) is 8.71. The molecule has 2 amide bonds. The minimum atomic E-state index is -0.000668. The lowest BCUT2D eigenvalue weighted by atomic mass is 9.71. The maximum Gasteiger partial charge on any atom is 0.260 e. The number of aryl methyl sites for hydroxylation is 2. The number of hydrogen-bond acceptors (Lipinski definition) is 3. The number of nitrogens with zero attached hydrogens (tertiary/aromatic N) is 2. The Morgan fingerprint density at radius 1 is 1.14 bits per heavy atom. The van der Waals surface area contributed by atoms with E-state index in [0.717, 1.165) is 49.0 Å². The average molecular weight is 385 g/mol. The number of carbonyl (C=O) groups excluding carboxylic acids is 2. The van der Waals surface area contributed by atoms with E-state index in [4.69, 9.17) is 4.74 Å². The molecule has 0 N–H and O–H groups in total. The lowest BCUT2D eigenvalue weighted by molar-refractivity contribution is -0.141. The van der Waals surface area contributed by atoms with E-state index in [0.29, 0.717) is 6.54 Å². The van der Waals surface area contributed by atoms with Crippen molar-refractivity contribution in [2.24, 2.45) is 5.41 Å². The zero-order chi connectivity index (χ0) is 20.1. The smallest absolute Gasteiger partial charge is 0.260 e. The van der Waals surface area contributed by atoms with Gasteiger partial charge in [0.25, 0.3) is 5.91 Å². The second-order valence-electron chi connectivity index (χ2n) is 9.16. The molecule has 3 aliphatic rings. The highest BCUT2D eigenvalue weighted by Gasteiger charge is 2.60. The third-order valence-corrected chi connectivity index (χ3v) is 7.35. The fraction of sp³-hybridized carbons (Fsp3) is 0.652. The fourth-order valence-corrected chi connectivity index (χ4v) is 6.16. The molecule has 0 spiro atoms. The van der Waals surface area contributed by atoms with Gasteiger partial charge >= 0.3 is 0 Å². The first-order valence-electron chi connectivity index (χ1n) is 10.6. The number of benzene rings is 1. The molecule has 2 aliphatic heterocycles. The van der Waals surface area contributed by atoms with Crippen molar-refractivity contribution >= 4 is 11.8 Å². The number of amides is 2. The maximum atomic E-state index is 13.2. The van der Waals surface area contributed by atoms with Gasteiger partial charge in [-0.1, -0.05) is 38.0 Å². The van der Waals surface area contributed by atoms with Crippen LogP contribution in [0.5, 0.6) is 5.75 Å². The van der Waals surface area contributed by atoms with Gasteiger partial charge in [-0.25, -0.2) is 0 Å². The molecule has 0 radical (unpaired) electrons. The minimum Gasteiger partial charge on any atom is -0.483 e. The zero-order valence-corrected chi connectivity index (χ0v) is 17.5. The predicted molar refractivity (Wildman–Crippen MR) is 108 cm³/mol. The van der Waals surface area contributed by atoms with Gasteiger partial charge in [0.2, 0.25) is 5.91 Å². The predicted octanol–water partition coefficient (Wildman–Crippen LogP) is 3.46. The molecule has 5 heteroatoms. The van der Waals surface area contributed by atoms with Crippen molar-refractivity contribution < 1.29 is 14.3 Å². The second-order valence-corrected chi connectivity index (χ2v) is 9.16. The van der Waals surface area contributed by atoms with Crippen molar-refractivity contribution in [3.63, 3.8) is 0 Å². The lowest BCUT2D eigenvalue weighted by Gasteiger charge is -2.46. The monoisotopic (exact) mass is 384 g/mol. The summed E-state index contributed by atoms with van der Waals surface area (Å²) < 4.78 is 5.98. The van der Waals surface area contributed by atoms with Gasteiger partial charge in [0, 0.05) is 31.0 Å². The van der Waals surface area contributed by atoms with E-state index >= 15 is 0 Å². The highest BCUT2D eigenvalue weighted by Crippen LogP contribution is 2.53. The average Bonchev–Trinajstić information content (AvgIpc) is 2.75. The van der Waals surface area contributed by atoms with Crippen molar-refractivity contribution in [1.29, 1.82) is 0 Å². The van der Waals surface area contributed by atoms with Gasteiger partial charge in [-0.15, -0.1) is 0 Å². The Labute approximate surface area is 168 Å². The molecule has 2 heterocycles. The van der Waals surface area contributed by atoms with Crippen molar-refractivity contribution in [2.45, 2.75) is 77.9 Å². The molecule has 152 valence electrons. The molecule has 4 rings (SSSR count). The van der Waals surface area contributed by atoms with E-state index < -0.39 is 0 Å². The summed E-state index contributed by atoms with van der Waals surface area (Å²) in [5, 5.41) is 0. The van der Waals surface area contributed by atoms with Crippen LogP contribution in [-0.4, -0.2) is 52.9 Å². The summed E-state index contributed by atoms with van der Waals surface area (Å²) in [6.07, 6.45) is 5.36. The topological polar surface area (TPSA) is 49.9 Å². The number of likely N-dealkylation sites (tertiary alicyclic amines) is 2. The molecule has 3 fully saturated rings. The Bertz CT molecular complexity index is 772. The van der Waals surface area contributed by atoms with Crippen LogP contribution < -0.4 is 4.74 Å². The molecule has 4 atom stereocenters. The van der Waals surface area contributed by atoms with Crippen molar-refractivity contribution in [3.05, 3.63) is 29.3 Å². The van der Waals surface area contributed by atoms with E-state index in [9.17, 15) is 9.59 Å². The van der Waals surface area contributed by atoms with Crippen LogP contribution in [0.4, 0.5) is 0 Å². The number of ether oxygens (including phenoxy) is 1. The van der Waals surface area contributed by atoms with Crippen LogP contribution in [0.1, 0.15) is 57.1 Å². The number of hydrogen-bond donors (Lipinski definition) is 0. The van der Waals surface area contributed by atoms with E-state index in [1.807, 2.05) is 36.9 Å². The summed E-state index contributed by atoms with van der Waals surface area (Å²) in [6, 6.07) is 6.64. The minimum absolute atomic E-state index is 0.000668. The number of rotatable bonds is 3. The molecule has 2 saturated heterocycles. The Morgan fingerprint density at radius 3 is 2.43 bits per heavy atom. The summed E-state index contributed by atoms with van der Waals surface area (Å²) in [7, 11) is 0. The molecule has 0 aromatic heterocycles. The van der Waals surface area contributed by atoms with Gasteiger partial charge in [-0.3, -0.25) is 9.59 Å². The molecule has 1 aromatic rings. The summed E-state index contributed by atoms with van der Waals surface area (Å²) in [5.41, 5.74) is 2.10. The van der Waals surface area contributed by atoms with E-state index in [2.05, 4.69) is 11.8 Å². The first-order valence-corrected chi connectivity index (χ1v) is 10.6. The Kier molecular flexibility index (Phi) is 4.88. The zero-order valence-electron chi connectivity index (χ0n) is 17.5. The van der Waals surface area contributed by atoms with Crippen LogP contribution in [0, 0.1) is 19.3 Å². The molecule has 2 bridgehead atoms. The molecule has 28 heavy (non-hydrogen) atoms. The van der Waals surface area contributed by atoms with Crippen molar-refractivity contribution in [2.75, 3.05) is 13.2 Å². The van der Waals surface area contributed by atoms with Gasteiger partial charge in [0.05, 0.1) is 6.04 Å². The Hall–Kier alpha value is -2.04. The van der Waals surface area contributed by atoms with Gasteiger partial charge < -0.3 is 14.5 Å². The first-order chi connectivity index (χ1) is 13.3. The molecular formula is C23H32N2O3. The highest BCUT2D eigenvalue weighted by molar-refractivity contribution is 5.80. The quantitative estimate of drug-likeness (QED) is 0.802. The van der Waals surface area contributed by atoms with E-state index in [1.165, 1.54) is 0 Å². The van der Waals surface area contributed by atoms with Crippen LogP contribution in [-0.2, 0) is 9.59 Å². The summed E-state index contributed by atoms with van der Waals surface area (Å²) >= 11 is 0. The van der Waals surface area contributed by atoms with Gasteiger partial charge in [0.1, 0.15) is 5.75 Å². The van der Waals surface area contributed by atoms with Crippen molar-refractivity contribution in [1.82, 2.24) is 9.80 Å². The summed E-state index contributed by atoms with van der Waals surface area (Å²) in [5.74, 6) is 1.02.